The van der Waals surface area contributed by atoms with Crippen LogP contribution in [-0.2, 0) is 26.2 Å². The molecule has 0 fully saturated rings. The van der Waals surface area contributed by atoms with Crippen LogP contribution in [0.2, 0.25) is 0 Å². The van der Waals surface area contributed by atoms with E-state index in [-0.39, 0.29) is 35.6 Å². The number of halogens is 2. The second-order valence-corrected chi connectivity index (χ2v) is 4.79. The van der Waals surface area contributed by atoms with Crippen molar-refractivity contribution in [3.63, 3.8) is 0 Å². The van der Waals surface area contributed by atoms with E-state index in [1.165, 1.54) is 11.1 Å². The van der Waals surface area contributed by atoms with Crippen LogP contribution in [0.15, 0.2) is 35.5 Å². The van der Waals surface area contributed by atoms with Gasteiger partial charge in [0.1, 0.15) is 0 Å². The van der Waals surface area contributed by atoms with E-state index in [1.807, 2.05) is 0 Å². The van der Waals surface area contributed by atoms with E-state index in [0.29, 0.717) is 11.8 Å². The fraction of sp³-hybridized carbons (Fsp3) is 0.500. The van der Waals surface area contributed by atoms with Crippen LogP contribution in [0.3, 0.4) is 0 Å². The van der Waals surface area contributed by atoms with Crippen LogP contribution in [0.1, 0.15) is 40.5 Å². The molecule has 0 saturated heterocycles. The summed E-state index contributed by atoms with van der Waals surface area (Å²) < 4.78 is 0. The monoisotopic (exact) mass is 342 g/mol. The van der Waals surface area contributed by atoms with E-state index in [4.69, 9.17) is 0 Å². The van der Waals surface area contributed by atoms with Gasteiger partial charge in [-0.25, -0.2) is 23.3 Å². The summed E-state index contributed by atoms with van der Waals surface area (Å²) in [6, 6.07) is 0. The smallest absolute Gasteiger partial charge is 1.00 e. The molecule has 0 aromatic carbocycles. The second kappa shape index (κ2) is 12.7. The van der Waals surface area contributed by atoms with Gasteiger partial charge in [0.05, 0.1) is 0 Å². The molecule has 2 aliphatic carbocycles. The Hall–Kier alpha value is -0.297. The molecule has 104 valence electrons. The van der Waals surface area contributed by atoms with Crippen molar-refractivity contribution in [2.24, 2.45) is 11.8 Å². The molecule has 19 heavy (non-hydrogen) atoms. The van der Waals surface area contributed by atoms with Gasteiger partial charge in [-0.15, -0.1) is 12.8 Å². The first-order valence-corrected chi connectivity index (χ1v) is 6.15. The first-order chi connectivity index (χ1) is 7.61. The predicted octanol–water partition coefficient (Wildman–Crippen LogP) is -1.33. The molecule has 2 aliphatic rings. The van der Waals surface area contributed by atoms with E-state index >= 15 is 0 Å². The number of rotatable bonds is 2. The molecule has 2 rings (SSSR count). The molecular formula is C16H22F2Zr. The number of hydrogen-bond acceptors (Lipinski definition) is 0. The molecule has 3 heteroatoms. The Labute approximate surface area is 135 Å². The molecule has 0 spiro atoms. The Kier molecular flexibility index (Phi) is 15.9. The molecule has 0 bridgehead atoms. The third-order valence-corrected chi connectivity index (χ3v) is 2.69. The van der Waals surface area contributed by atoms with Crippen molar-refractivity contribution in [1.29, 1.82) is 0 Å². The van der Waals surface area contributed by atoms with Crippen molar-refractivity contribution in [3.8, 4) is 0 Å². The normalized spacial score (nSPS) is 14.8. The average molecular weight is 344 g/mol. The van der Waals surface area contributed by atoms with E-state index < -0.39 is 0 Å². The first-order valence-electron chi connectivity index (χ1n) is 6.15. The fourth-order valence-corrected chi connectivity index (χ4v) is 1.64. The van der Waals surface area contributed by atoms with Gasteiger partial charge in [-0.3, -0.25) is 12.2 Å². The third-order valence-electron chi connectivity index (χ3n) is 2.69. The molecule has 0 N–H and O–H groups in total. The predicted molar refractivity (Wildman–Crippen MR) is 70.7 cm³/mol. The molecule has 0 aliphatic heterocycles. The largest absolute Gasteiger partial charge is 4.00 e. The Morgan fingerprint density at radius 2 is 1.11 bits per heavy atom. The standard InChI is InChI=1S/2C8H11.2FH.Zr/c2*1-7(2)8-5-3-4-6-8;;;/h2*3,5,7H,4H2,1-2H3;2*1H;/q2*-1;;;+4/p-2. The van der Waals surface area contributed by atoms with Gasteiger partial charge in [-0.2, -0.15) is 12.2 Å². The number of allylic oxidation sites excluding steroid dienone is 8. The summed E-state index contributed by atoms with van der Waals surface area (Å²) in [6.07, 6.45) is 17.2. The average Bonchev–Trinajstić information content (AvgIpc) is 2.93. The molecule has 0 aromatic rings. The van der Waals surface area contributed by atoms with Crippen molar-refractivity contribution >= 4 is 0 Å². The molecule has 0 heterocycles. The second-order valence-electron chi connectivity index (χ2n) is 4.79. The maximum atomic E-state index is 3.26. The Balaban J connectivity index is -0.000000233. The molecule has 0 aromatic heterocycles. The topological polar surface area (TPSA) is 0 Å². The fourth-order valence-electron chi connectivity index (χ4n) is 1.64. The summed E-state index contributed by atoms with van der Waals surface area (Å²) in [7, 11) is 0. The van der Waals surface area contributed by atoms with Crippen LogP contribution in [-0.4, -0.2) is 0 Å². The Morgan fingerprint density at radius 3 is 1.21 bits per heavy atom. The summed E-state index contributed by atoms with van der Waals surface area (Å²) in [6.45, 7) is 8.77. The van der Waals surface area contributed by atoms with Gasteiger partial charge in [0.2, 0.25) is 0 Å². The van der Waals surface area contributed by atoms with E-state index in [2.05, 4.69) is 64.2 Å². The van der Waals surface area contributed by atoms with Gasteiger partial charge >= 0.3 is 26.2 Å². The van der Waals surface area contributed by atoms with E-state index in [0.717, 1.165) is 12.8 Å². The molecule has 0 nitrogen and oxygen atoms in total. The number of hydrogen-bond donors (Lipinski definition) is 0. The summed E-state index contributed by atoms with van der Waals surface area (Å²) in [4.78, 5) is 0. The van der Waals surface area contributed by atoms with Crippen LogP contribution in [0, 0.1) is 24.0 Å². The quantitative estimate of drug-likeness (QED) is 0.545. The van der Waals surface area contributed by atoms with Crippen LogP contribution >= 0.6 is 0 Å². The molecule has 0 radical (unpaired) electrons. The summed E-state index contributed by atoms with van der Waals surface area (Å²) in [5.41, 5.74) is 2.73. The van der Waals surface area contributed by atoms with Gasteiger partial charge in [-0.1, -0.05) is 39.5 Å². The molecule has 0 atom stereocenters. The van der Waals surface area contributed by atoms with E-state index in [1.54, 1.807) is 0 Å². The van der Waals surface area contributed by atoms with Crippen LogP contribution in [0.5, 0.6) is 0 Å². The zero-order chi connectivity index (χ0) is 12.0. The minimum absolute atomic E-state index is 0. The van der Waals surface area contributed by atoms with Crippen LogP contribution < -0.4 is 9.41 Å². The van der Waals surface area contributed by atoms with Crippen LogP contribution in [0.25, 0.3) is 0 Å². The first kappa shape index (κ1) is 23.8. The molecule has 0 amide bonds. The minimum atomic E-state index is 0. The minimum Gasteiger partial charge on any atom is -1.00 e. The van der Waals surface area contributed by atoms with E-state index in [9.17, 15) is 0 Å². The zero-order valence-electron chi connectivity index (χ0n) is 12.1. The molecule has 0 saturated carbocycles. The van der Waals surface area contributed by atoms with Gasteiger partial charge in [0, 0.05) is 0 Å². The van der Waals surface area contributed by atoms with Gasteiger partial charge in [0.25, 0.3) is 0 Å². The van der Waals surface area contributed by atoms with Crippen molar-refractivity contribution in [1.82, 2.24) is 0 Å². The zero-order valence-corrected chi connectivity index (χ0v) is 14.6. The van der Waals surface area contributed by atoms with Gasteiger partial charge < -0.3 is 9.41 Å². The van der Waals surface area contributed by atoms with Gasteiger partial charge in [0.15, 0.2) is 0 Å². The summed E-state index contributed by atoms with van der Waals surface area (Å²) >= 11 is 0. The summed E-state index contributed by atoms with van der Waals surface area (Å²) in [5.74, 6) is 1.32. The summed E-state index contributed by atoms with van der Waals surface area (Å²) in [5, 5.41) is 0. The van der Waals surface area contributed by atoms with Gasteiger partial charge in [-0.05, 0) is 0 Å². The Bertz CT molecular complexity index is 303. The van der Waals surface area contributed by atoms with Crippen LogP contribution in [0.4, 0.5) is 0 Å². The molecule has 0 unspecified atom stereocenters. The third kappa shape index (κ3) is 9.27. The van der Waals surface area contributed by atoms with Crippen molar-refractivity contribution in [2.45, 2.75) is 40.5 Å². The van der Waals surface area contributed by atoms with Crippen molar-refractivity contribution in [3.05, 3.63) is 47.6 Å². The van der Waals surface area contributed by atoms with Crippen molar-refractivity contribution < 1.29 is 35.6 Å². The maximum absolute atomic E-state index is 3.26. The van der Waals surface area contributed by atoms with Crippen molar-refractivity contribution in [2.75, 3.05) is 0 Å². The molecular weight excluding hydrogens is 321 g/mol. The maximum Gasteiger partial charge on any atom is 4.00 e. The SMILES string of the molecule is CC(C)C1=[C-]CC=C1.CC(C)C1=[C-]CC=C1.[F-].[F-].[Zr+4]. The Morgan fingerprint density at radius 1 is 0.789 bits per heavy atom.